The Labute approximate surface area is 192 Å². The molecule has 0 unspecified atom stereocenters. The third-order valence-corrected chi connectivity index (χ3v) is 6.19. The fraction of sp³-hybridized carbons (Fsp3) is 0.143. The van der Waals surface area contributed by atoms with Crippen molar-refractivity contribution in [3.8, 4) is 0 Å². The minimum absolute atomic E-state index is 0.156. The van der Waals surface area contributed by atoms with Gasteiger partial charge in [0.2, 0.25) is 5.91 Å². The van der Waals surface area contributed by atoms with E-state index in [-0.39, 0.29) is 16.6 Å². The Balaban J connectivity index is 1.56. The zero-order chi connectivity index (χ0) is 22.1. The van der Waals surface area contributed by atoms with E-state index in [1.807, 2.05) is 24.3 Å². The largest absolute Gasteiger partial charge is 0.326 e. The summed E-state index contributed by atoms with van der Waals surface area (Å²) in [4.78, 5) is 28.6. The normalized spacial score (nSPS) is 11.0. The van der Waals surface area contributed by atoms with Crippen LogP contribution in [0.5, 0.6) is 0 Å². The van der Waals surface area contributed by atoms with Crippen LogP contribution in [-0.2, 0) is 11.3 Å². The van der Waals surface area contributed by atoms with Crippen molar-refractivity contribution in [3.63, 3.8) is 0 Å². The van der Waals surface area contributed by atoms with Crippen LogP contribution >= 0.6 is 34.5 Å². The van der Waals surface area contributed by atoms with Gasteiger partial charge in [0.05, 0.1) is 28.0 Å². The molecule has 2 heterocycles. The predicted molar refractivity (Wildman–Crippen MR) is 124 cm³/mol. The molecule has 0 spiro atoms. The molecule has 158 valence electrons. The molecule has 0 aliphatic carbocycles. The highest BCUT2D eigenvalue weighted by Gasteiger charge is 2.22. The van der Waals surface area contributed by atoms with Gasteiger partial charge in [0.25, 0.3) is 5.91 Å². The standard InChI is InChI=1S/C21H17Cl2N5O2S/c1-11-18(19(23)28(27-11)10-13-5-3-4-6-15(13)22)20(30)26-21-25-16-8-7-14(24-12(2)29)9-17(16)31-21/h3-9H,10H2,1-2H3,(H,24,29)(H,25,26,30). The highest BCUT2D eigenvalue weighted by molar-refractivity contribution is 7.22. The monoisotopic (exact) mass is 473 g/mol. The Morgan fingerprint density at radius 1 is 1.13 bits per heavy atom. The number of thiazole rings is 1. The van der Waals surface area contributed by atoms with Gasteiger partial charge in [-0.1, -0.05) is 52.7 Å². The van der Waals surface area contributed by atoms with Crippen molar-refractivity contribution in [2.24, 2.45) is 0 Å². The zero-order valence-electron chi connectivity index (χ0n) is 16.6. The Hall–Kier alpha value is -2.94. The number of benzene rings is 2. The number of hydrogen-bond acceptors (Lipinski definition) is 5. The molecule has 4 rings (SSSR count). The van der Waals surface area contributed by atoms with E-state index < -0.39 is 5.91 Å². The van der Waals surface area contributed by atoms with Crippen molar-refractivity contribution < 1.29 is 9.59 Å². The molecule has 2 aromatic carbocycles. The van der Waals surface area contributed by atoms with Crippen molar-refractivity contribution in [3.05, 3.63) is 69.5 Å². The quantitative estimate of drug-likeness (QED) is 0.407. The predicted octanol–water partition coefficient (Wildman–Crippen LogP) is 5.37. The summed E-state index contributed by atoms with van der Waals surface area (Å²) in [6, 6.07) is 12.7. The summed E-state index contributed by atoms with van der Waals surface area (Å²) in [6.45, 7) is 3.52. The first-order chi connectivity index (χ1) is 14.8. The fourth-order valence-electron chi connectivity index (χ4n) is 3.12. The number of hydrogen-bond donors (Lipinski definition) is 2. The second-order valence-corrected chi connectivity index (χ2v) is 8.63. The van der Waals surface area contributed by atoms with Crippen LogP contribution in [0.2, 0.25) is 10.2 Å². The van der Waals surface area contributed by atoms with Crippen LogP contribution < -0.4 is 10.6 Å². The van der Waals surface area contributed by atoms with Crippen LogP contribution in [0.25, 0.3) is 10.2 Å². The highest BCUT2D eigenvalue weighted by Crippen LogP contribution is 2.30. The number of fused-ring (bicyclic) bond motifs is 1. The molecule has 4 aromatic rings. The molecule has 0 aliphatic heterocycles. The number of nitrogens with one attached hydrogen (secondary N) is 2. The summed E-state index contributed by atoms with van der Waals surface area (Å²) in [5.74, 6) is -0.551. The van der Waals surface area contributed by atoms with E-state index in [0.717, 1.165) is 10.3 Å². The minimum Gasteiger partial charge on any atom is -0.326 e. The number of aromatic nitrogens is 3. The van der Waals surface area contributed by atoms with Crippen LogP contribution in [0.3, 0.4) is 0 Å². The summed E-state index contributed by atoms with van der Waals surface area (Å²) in [5.41, 5.74) is 3.02. The van der Waals surface area contributed by atoms with Gasteiger partial charge in [0, 0.05) is 17.6 Å². The van der Waals surface area contributed by atoms with Crippen molar-refractivity contribution in [1.82, 2.24) is 14.8 Å². The van der Waals surface area contributed by atoms with Gasteiger partial charge in [0.15, 0.2) is 5.13 Å². The number of amides is 2. The van der Waals surface area contributed by atoms with Gasteiger partial charge in [-0.25, -0.2) is 9.67 Å². The van der Waals surface area contributed by atoms with Gasteiger partial charge in [0.1, 0.15) is 5.15 Å². The molecule has 2 aromatic heterocycles. The van der Waals surface area contributed by atoms with E-state index in [1.165, 1.54) is 18.3 Å². The molecule has 0 fully saturated rings. The van der Waals surface area contributed by atoms with E-state index in [9.17, 15) is 9.59 Å². The summed E-state index contributed by atoms with van der Waals surface area (Å²) in [5, 5.41) is 11.2. The fourth-order valence-corrected chi connectivity index (χ4v) is 4.54. The second kappa shape index (κ2) is 8.66. The van der Waals surface area contributed by atoms with Gasteiger partial charge in [-0.2, -0.15) is 5.10 Å². The molecule has 0 saturated heterocycles. The third-order valence-electron chi connectivity index (χ3n) is 4.50. The van der Waals surface area contributed by atoms with Crippen LogP contribution in [0, 0.1) is 6.92 Å². The summed E-state index contributed by atoms with van der Waals surface area (Å²) < 4.78 is 2.38. The first-order valence-corrected chi connectivity index (χ1v) is 10.8. The number of carbonyl (C=O) groups excluding carboxylic acids is 2. The van der Waals surface area contributed by atoms with Crippen LogP contribution in [-0.4, -0.2) is 26.6 Å². The average molecular weight is 474 g/mol. The number of anilines is 2. The maximum Gasteiger partial charge on any atom is 0.262 e. The minimum atomic E-state index is -0.394. The molecule has 7 nitrogen and oxygen atoms in total. The van der Waals surface area contributed by atoms with Gasteiger partial charge in [-0.3, -0.25) is 14.9 Å². The van der Waals surface area contributed by atoms with Crippen molar-refractivity contribution in [2.75, 3.05) is 10.6 Å². The summed E-state index contributed by atoms with van der Waals surface area (Å²) in [7, 11) is 0. The van der Waals surface area contributed by atoms with Gasteiger partial charge < -0.3 is 5.32 Å². The summed E-state index contributed by atoms with van der Waals surface area (Å²) >= 11 is 14.0. The van der Waals surface area contributed by atoms with Crippen molar-refractivity contribution in [2.45, 2.75) is 20.4 Å². The van der Waals surface area contributed by atoms with Crippen molar-refractivity contribution in [1.29, 1.82) is 0 Å². The molecule has 31 heavy (non-hydrogen) atoms. The van der Waals surface area contributed by atoms with E-state index in [1.54, 1.807) is 29.8 Å². The zero-order valence-corrected chi connectivity index (χ0v) is 18.9. The van der Waals surface area contributed by atoms with E-state index >= 15 is 0 Å². The van der Waals surface area contributed by atoms with Crippen LogP contribution in [0.15, 0.2) is 42.5 Å². The number of nitrogens with zero attached hydrogens (tertiary/aromatic N) is 3. The average Bonchev–Trinajstić information content (AvgIpc) is 3.22. The Kier molecular flexibility index (Phi) is 5.95. The first kappa shape index (κ1) is 21.3. The molecule has 0 saturated carbocycles. The second-order valence-electron chi connectivity index (χ2n) is 6.84. The Bertz CT molecular complexity index is 1310. The topological polar surface area (TPSA) is 88.9 Å². The number of aryl methyl sites for hydroxylation is 1. The van der Waals surface area contributed by atoms with E-state index in [2.05, 4.69) is 20.7 Å². The van der Waals surface area contributed by atoms with Gasteiger partial charge >= 0.3 is 0 Å². The van der Waals surface area contributed by atoms with Crippen molar-refractivity contribution >= 4 is 67.4 Å². The Morgan fingerprint density at radius 2 is 1.90 bits per heavy atom. The molecule has 0 aliphatic rings. The van der Waals surface area contributed by atoms with Gasteiger partial charge in [-0.05, 0) is 36.8 Å². The maximum atomic E-state index is 12.9. The third kappa shape index (κ3) is 4.56. The molecular weight excluding hydrogens is 457 g/mol. The van der Waals surface area contributed by atoms with Crippen LogP contribution in [0.1, 0.15) is 28.5 Å². The number of carbonyl (C=O) groups is 2. The van der Waals surface area contributed by atoms with E-state index in [0.29, 0.717) is 33.6 Å². The first-order valence-electron chi connectivity index (χ1n) is 9.27. The molecule has 0 bridgehead atoms. The molecule has 10 heteroatoms. The van der Waals surface area contributed by atoms with Gasteiger partial charge in [-0.15, -0.1) is 0 Å². The molecule has 0 radical (unpaired) electrons. The lowest BCUT2D eigenvalue weighted by Crippen LogP contribution is -2.13. The lowest BCUT2D eigenvalue weighted by Gasteiger charge is -2.06. The summed E-state index contributed by atoms with van der Waals surface area (Å²) in [6.07, 6.45) is 0. The van der Waals surface area contributed by atoms with E-state index in [4.69, 9.17) is 23.2 Å². The molecule has 2 N–H and O–H groups in total. The highest BCUT2D eigenvalue weighted by atomic mass is 35.5. The SMILES string of the molecule is CC(=O)Nc1ccc2nc(NC(=O)c3c(C)nn(Cc4ccccc4Cl)c3Cl)sc2c1. The molecule has 2 amide bonds. The Morgan fingerprint density at radius 3 is 2.65 bits per heavy atom. The number of rotatable bonds is 5. The smallest absolute Gasteiger partial charge is 0.262 e. The molecule has 0 atom stereocenters. The lowest BCUT2D eigenvalue weighted by atomic mass is 10.2. The maximum absolute atomic E-state index is 12.9. The molecular formula is C21H17Cl2N5O2S. The van der Waals surface area contributed by atoms with Crippen LogP contribution in [0.4, 0.5) is 10.8 Å². The number of halogens is 2. The lowest BCUT2D eigenvalue weighted by molar-refractivity contribution is -0.114.